The third-order valence-corrected chi connectivity index (χ3v) is 5.56. The minimum absolute atomic E-state index is 0.01000. The minimum Gasteiger partial charge on any atom is -0.338 e. The van der Waals surface area contributed by atoms with Gasteiger partial charge >= 0.3 is 6.36 Å². The Kier molecular flexibility index (Phi) is 8.24. The number of alkyl halides is 3. The molecule has 35 heavy (non-hydrogen) atoms. The van der Waals surface area contributed by atoms with Crippen LogP contribution in [0.4, 0.5) is 17.6 Å². The van der Waals surface area contributed by atoms with Gasteiger partial charge in [-0.3, -0.25) is 19.3 Å². The Labute approximate surface area is 207 Å². The predicted molar refractivity (Wildman–Crippen MR) is 120 cm³/mol. The smallest absolute Gasteiger partial charge is 0.338 e. The normalized spacial score (nSPS) is 16.6. The fourth-order valence-corrected chi connectivity index (χ4v) is 3.89. The average Bonchev–Trinajstić information content (AvgIpc) is 3.13. The number of benzene rings is 2. The Morgan fingerprint density at radius 2 is 1.91 bits per heavy atom. The minimum atomic E-state index is -5.04. The van der Waals surface area contributed by atoms with Crippen LogP contribution in [0.5, 0.6) is 0 Å². The quantitative estimate of drug-likeness (QED) is 0.238. The van der Waals surface area contributed by atoms with E-state index in [1.54, 1.807) is 13.8 Å². The van der Waals surface area contributed by atoms with Crippen LogP contribution in [0.1, 0.15) is 34.0 Å². The molecule has 1 atom stereocenters. The Morgan fingerprint density at radius 1 is 1.26 bits per heavy atom. The van der Waals surface area contributed by atoms with E-state index >= 15 is 0 Å². The topological polar surface area (TPSA) is 80.2 Å². The highest BCUT2D eigenvalue weighted by molar-refractivity contribution is 6.35. The van der Waals surface area contributed by atoms with Crippen LogP contribution < -0.4 is 5.32 Å². The van der Waals surface area contributed by atoms with Gasteiger partial charge in [-0.15, -0.1) is 13.2 Å². The number of likely N-dealkylation sites (N-methyl/N-ethyl adjacent to an activating group) is 1. The number of carbonyl (C=O) groups excluding carboxylic acids is 2. The van der Waals surface area contributed by atoms with Crippen LogP contribution in [0.3, 0.4) is 0 Å². The van der Waals surface area contributed by atoms with Crippen molar-refractivity contribution in [3.63, 3.8) is 0 Å². The summed E-state index contributed by atoms with van der Waals surface area (Å²) >= 11 is 11.6. The molecule has 1 aliphatic rings. The van der Waals surface area contributed by atoms with Crippen molar-refractivity contribution in [3.05, 3.63) is 68.4 Å². The third-order valence-electron chi connectivity index (χ3n) is 5.01. The molecule has 3 rings (SSSR count). The van der Waals surface area contributed by atoms with E-state index in [9.17, 15) is 27.2 Å². The van der Waals surface area contributed by atoms with Crippen LogP contribution in [0.2, 0.25) is 10.0 Å². The molecule has 1 heterocycles. The van der Waals surface area contributed by atoms with Crippen LogP contribution in [0.25, 0.3) is 0 Å². The molecular weight excluding hydrogens is 517 g/mol. The van der Waals surface area contributed by atoms with E-state index in [-0.39, 0.29) is 51.4 Å². The summed E-state index contributed by atoms with van der Waals surface area (Å²) in [5, 5.41) is 6.31. The lowest BCUT2D eigenvalue weighted by atomic mass is 9.97. The molecule has 0 spiro atoms. The molecule has 13 heteroatoms. The molecule has 188 valence electrons. The van der Waals surface area contributed by atoms with E-state index in [0.29, 0.717) is 12.1 Å². The maximum absolute atomic E-state index is 13.7. The molecule has 0 radical (unpaired) electrons. The monoisotopic (exact) mass is 535 g/mol. The zero-order chi connectivity index (χ0) is 25.9. The van der Waals surface area contributed by atoms with E-state index in [1.165, 1.54) is 30.3 Å². The number of carbonyl (C=O) groups is 2. The molecule has 1 N–H and O–H groups in total. The molecule has 2 amide bonds. The van der Waals surface area contributed by atoms with Gasteiger partial charge in [0.1, 0.15) is 12.6 Å². The lowest BCUT2D eigenvalue weighted by molar-refractivity contribution is -0.325. The number of nitrogens with zero attached hydrogens (tertiary/aromatic N) is 2. The largest absolute Gasteiger partial charge is 0.593 e. The SMILES string of the molecule is CCN1OC[C@@H](NC(=O)c2ccc(/C(Cc3cc(Cl)c(F)c(Cl)c3)=N/OC(F)(F)F)cc2C)C1=O. The predicted octanol–water partition coefficient (Wildman–Crippen LogP) is 4.82. The average molecular weight is 536 g/mol. The summed E-state index contributed by atoms with van der Waals surface area (Å²) in [6, 6.07) is 5.75. The number of hydrogen-bond acceptors (Lipinski definition) is 5. The Hall–Kier alpha value is -2.89. The maximum Gasteiger partial charge on any atom is 0.593 e. The Balaban J connectivity index is 1.86. The molecule has 0 aromatic heterocycles. The summed E-state index contributed by atoms with van der Waals surface area (Å²) in [4.78, 5) is 33.7. The zero-order valence-electron chi connectivity index (χ0n) is 18.4. The molecule has 1 saturated heterocycles. The Morgan fingerprint density at radius 3 is 2.46 bits per heavy atom. The molecule has 7 nitrogen and oxygen atoms in total. The highest BCUT2D eigenvalue weighted by Crippen LogP contribution is 2.26. The van der Waals surface area contributed by atoms with Crippen molar-refractivity contribution in [2.75, 3.05) is 13.2 Å². The fraction of sp³-hybridized carbons (Fsp3) is 0.318. The van der Waals surface area contributed by atoms with E-state index in [1.807, 2.05) is 0 Å². The summed E-state index contributed by atoms with van der Waals surface area (Å²) in [5.74, 6) is -1.80. The third kappa shape index (κ3) is 6.62. The van der Waals surface area contributed by atoms with Crippen molar-refractivity contribution >= 4 is 40.7 Å². The van der Waals surface area contributed by atoms with Gasteiger partial charge in [-0.25, -0.2) is 9.45 Å². The van der Waals surface area contributed by atoms with Gasteiger partial charge in [0, 0.05) is 18.5 Å². The van der Waals surface area contributed by atoms with Gasteiger partial charge in [0.15, 0.2) is 5.82 Å². The summed E-state index contributed by atoms with van der Waals surface area (Å²) in [6.45, 7) is 3.60. The van der Waals surface area contributed by atoms with Crippen LogP contribution in [0, 0.1) is 12.7 Å². The van der Waals surface area contributed by atoms with Gasteiger partial charge in [0.25, 0.3) is 11.8 Å². The van der Waals surface area contributed by atoms with Crippen molar-refractivity contribution in [1.29, 1.82) is 0 Å². The maximum atomic E-state index is 13.7. The van der Waals surface area contributed by atoms with Crippen molar-refractivity contribution in [3.8, 4) is 0 Å². The molecule has 0 bridgehead atoms. The van der Waals surface area contributed by atoms with Crippen LogP contribution in [-0.2, 0) is 20.9 Å². The van der Waals surface area contributed by atoms with Crippen LogP contribution in [0.15, 0.2) is 35.5 Å². The first-order valence-electron chi connectivity index (χ1n) is 10.2. The van der Waals surface area contributed by atoms with Crippen molar-refractivity contribution in [1.82, 2.24) is 10.4 Å². The second-order valence-corrected chi connectivity index (χ2v) is 8.32. The summed E-state index contributed by atoms with van der Waals surface area (Å²) in [7, 11) is 0. The molecule has 2 aromatic rings. The van der Waals surface area contributed by atoms with Crippen LogP contribution >= 0.6 is 23.2 Å². The van der Waals surface area contributed by atoms with Crippen molar-refractivity contribution < 1.29 is 36.8 Å². The number of hydrogen-bond donors (Lipinski definition) is 1. The molecule has 0 aliphatic carbocycles. The highest BCUT2D eigenvalue weighted by atomic mass is 35.5. The van der Waals surface area contributed by atoms with Crippen molar-refractivity contribution in [2.24, 2.45) is 5.16 Å². The second-order valence-electron chi connectivity index (χ2n) is 7.51. The van der Waals surface area contributed by atoms with Gasteiger partial charge in [-0.05, 0) is 54.8 Å². The molecule has 0 saturated carbocycles. The molecule has 1 aliphatic heterocycles. The van der Waals surface area contributed by atoms with Gasteiger partial charge in [0.2, 0.25) is 0 Å². The zero-order valence-corrected chi connectivity index (χ0v) is 19.9. The van der Waals surface area contributed by atoms with Gasteiger partial charge in [-0.1, -0.05) is 34.4 Å². The number of nitrogens with one attached hydrogen (secondary N) is 1. The standard InChI is InChI=1S/C22H19Cl2F4N3O4/c1-3-31-21(33)18(10-34-31)29-20(32)14-5-4-13(6-11(14)2)17(30-35-22(26,27)28)9-12-7-15(23)19(25)16(24)8-12/h4-8,18H,3,9-10H2,1-2H3,(H,29,32)/b30-17+/t18-/m1/s1. The fourth-order valence-electron chi connectivity index (χ4n) is 3.36. The second kappa shape index (κ2) is 10.8. The highest BCUT2D eigenvalue weighted by Gasteiger charge is 2.34. The number of amides is 2. The van der Waals surface area contributed by atoms with E-state index < -0.39 is 24.1 Å². The van der Waals surface area contributed by atoms with Gasteiger partial charge in [0.05, 0.1) is 15.8 Å². The van der Waals surface area contributed by atoms with Crippen molar-refractivity contribution in [2.45, 2.75) is 32.7 Å². The van der Waals surface area contributed by atoms with Gasteiger partial charge < -0.3 is 5.32 Å². The van der Waals surface area contributed by atoms with Gasteiger partial charge in [-0.2, -0.15) is 0 Å². The summed E-state index contributed by atoms with van der Waals surface area (Å²) in [5.41, 5.74) is 0.908. The van der Waals surface area contributed by atoms with E-state index in [4.69, 9.17) is 28.0 Å². The lowest BCUT2D eigenvalue weighted by Crippen LogP contribution is -2.42. The number of aryl methyl sites for hydroxylation is 1. The number of oxime groups is 1. The molecule has 0 unspecified atom stereocenters. The number of rotatable bonds is 7. The lowest BCUT2D eigenvalue weighted by Gasteiger charge is -2.14. The van der Waals surface area contributed by atoms with E-state index in [0.717, 1.165) is 5.06 Å². The van der Waals surface area contributed by atoms with Crippen LogP contribution in [-0.4, -0.2) is 48.1 Å². The molecule has 2 aromatic carbocycles. The first-order chi connectivity index (χ1) is 16.4. The summed E-state index contributed by atoms with van der Waals surface area (Å²) in [6.07, 6.45) is -5.28. The number of hydroxylamine groups is 2. The number of halogens is 6. The first kappa shape index (κ1) is 26.7. The Bertz CT molecular complexity index is 1150. The van der Waals surface area contributed by atoms with E-state index in [2.05, 4.69) is 15.3 Å². The first-order valence-corrected chi connectivity index (χ1v) is 11.0. The molecular formula is C22H19Cl2F4N3O4. The molecule has 1 fully saturated rings. The summed E-state index contributed by atoms with van der Waals surface area (Å²) < 4.78 is 51.7.